The van der Waals surface area contributed by atoms with Crippen molar-refractivity contribution in [2.24, 2.45) is 7.05 Å². The van der Waals surface area contributed by atoms with Crippen LogP contribution in [0.1, 0.15) is 21.7 Å². The van der Waals surface area contributed by atoms with Gasteiger partial charge in [0.25, 0.3) is 5.91 Å². The van der Waals surface area contributed by atoms with Gasteiger partial charge >= 0.3 is 0 Å². The van der Waals surface area contributed by atoms with Gasteiger partial charge in [0, 0.05) is 38.1 Å². The minimum atomic E-state index is -0.244. The van der Waals surface area contributed by atoms with Gasteiger partial charge in [-0.3, -0.25) is 9.48 Å². The lowest BCUT2D eigenvalue weighted by Gasteiger charge is -2.05. The van der Waals surface area contributed by atoms with Crippen molar-refractivity contribution in [3.63, 3.8) is 0 Å². The topological polar surface area (TPSA) is 83.6 Å². The van der Waals surface area contributed by atoms with E-state index in [0.29, 0.717) is 24.2 Å². The van der Waals surface area contributed by atoms with Crippen LogP contribution in [0.15, 0.2) is 30.6 Å². The minimum absolute atomic E-state index is 0.244. The Morgan fingerprint density at radius 2 is 2.32 bits per heavy atom. The molecule has 0 aliphatic heterocycles. The first-order valence-electron chi connectivity index (χ1n) is 5.82. The number of nitrogens with zero attached hydrogens (tertiary/aromatic N) is 4. The molecule has 0 saturated carbocycles. The average molecular weight is 255 g/mol. The van der Waals surface area contributed by atoms with Crippen LogP contribution in [0.2, 0.25) is 0 Å². The lowest BCUT2D eigenvalue weighted by atomic mass is 10.2. The van der Waals surface area contributed by atoms with Crippen LogP contribution in [-0.2, 0) is 13.5 Å². The third-order valence-corrected chi connectivity index (χ3v) is 2.71. The fourth-order valence-electron chi connectivity index (χ4n) is 1.64. The summed E-state index contributed by atoms with van der Waals surface area (Å²) in [4.78, 5) is 15.7. The van der Waals surface area contributed by atoms with E-state index in [1.165, 1.54) is 12.3 Å². The highest BCUT2D eigenvalue weighted by Crippen LogP contribution is 2.00. The molecule has 19 heavy (non-hydrogen) atoms. The summed E-state index contributed by atoms with van der Waals surface area (Å²) in [5.74, 6) is -0.244. The number of hydrogen-bond donors (Lipinski definition) is 1. The average Bonchev–Trinajstić information content (AvgIpc) is 2.84. The second kappa shape index (κ2) is 5.78. The van der Waals surface area contributed by atoms with Gasteiger partial charge in [-0.25, -0.2) is 4.98 Å². The Bertz CT molecular complexity index is 609. The van der Waals surface area contributed by atoms with Gasteiger partial charge in [0.15, 0.2) is 0 Å². The summed E-state index contributed by atoms with van der Waals surface area (Å²) in [5, 5.41) is 15.5. The van der Waals surface area contributed by atoms with Crippen molar-refractivity contribution in [2.75, 3.05) is 6.54 Å². The van der Waals surface area contributed by atoms with Gasteiger partial charge in [0.2, 0.25) is 0 Å². The number of carbonyl (C=O) groups is 1. The van der Waals surface area contributed by atoms with Crippen molar-refractivity contribution in [1.82, 2.24) is 20.1 Å². The number of amides is 1. The molecule has 2 aromatic rings. The van der Waals surface area contributed by atoms with Crippen molar-refractivity contribution in [3.8, 4) is 6.07 Å². The summed E-state index contributed by atoms with van der Waals surface area (Å²) in [5.41, 5.74) is 1.79. The normalized spacial score (nSPS) is 9.89. The Morgan fingerprint density at radius 3 is 2.89 bits per heavy atom. The first kappa shape index (κ1) is 12.8. The number of pyridine rings is 1. The Balaban J connectivity index is 1.87. The zero-order valence-electron chi connectivity index (χ0n) is 10.5. The molecule has 0 spiro atoms. The number of rotatable bonds is 4. The van der Waals surface area contributed by atoms with Gasteiger partial charge in [-0.05, 0) is 18.2 Å². The van der Waals surface area contributed by atoms with Crippen molar-refractivity contribution in [3.05, 3.63) is 47.5 Å². The van der Waals surface area contributed by atoms with Crippen molar-refractivity contribution in [1.29, 1.82) is 5.26 Å². The lowest BCUT2D eigenvalue weighted by molar-refractivity contribution is 0.0949. The predicted molar refractivity (Wildman–Crippen MR) is 68.2 cm³/mol. The molecule has 1 amide bonds. The van der Waals surface area contributed by atoms with E-state index in [2.05, 4.69) is 15.4 Å². The Labute approximate surface area is 110 Å². The van der Waals surface area contributed by atoms with Crippen LogP contribution in [0.4, 0.5) is 0 Å². The third-order valence-electron chi connectivity index (χ3n) is 2.71. The van der Waals surface area contributed by atoms with E-state index >= 15 is 0 Å². The van der Waals surface area contributed by atoms with Crippen LogP contribution < -0.4 is 5.32 Å². The molecule has 0 aliphatic carbocycles. The monoisotopic (exact) mass is 255 g/mol. The summed E-state index contributed by atoms with van der Waals surface area (Å²) in [6.07, 6.45) is 3.81. The van der Waals surface area contributed by atoms with Crippen LogP contribution >= 0.6 is 0 Å². The van der Waals surface area contributed by atoms with Crippen LogP contribution in [0.3, 0.4) is 0 Å². The minimum Gasteiger partial charge on any atom is -0.350 e. The fraction of sp³-hybridized carbons (Fsp3) is 0.231. The zero-order chi connectivity index (χ0) is 13.7. The SMILES string of the molecule is Cn1nccc1CCNC(=O)c1ccc(C#N)cn1. The van der Waals surface area contributed by atoms with Crippen LogP contribution in [0.25, 0.3) is 0 Å². The smallest absolute Gasteiger partial charge is 0.269 e. The van der Waals surface area contributed by atoms with Gasteiger partial charge < -0.3 is 5.32 Å². The number of aromatic nitrogens is 3. The molecule has 1 N–H and O–H groups in total. The van der Waals surface area contributed by atoms with Crippen molar-refractivity contribution in [2.45, 2.75) is 6.42 Å². The zero-order valence-corrected chi connectivity index (χ0v) is 10.5. The largest absolute Gasteiger partial charge is 0.350 e. The quantitative estimate of drug-likeness (QED) is 0.869. The standard InChI is InChI=1S/C13H13N5O/c1-18-11(5-7-17-18)4-6-15-13(19)12-3-2-10(8-14)9-16-12/h2-3,5,7,9H,4,6H2,1H3,(H,15,19). The van der Waals surface area contributed by atoms with Gasteiger partial charge in [0.05, 0.1) is 5.56 Å². The number of carbonyl (C=O) groups excluding carboxylic acids is 1. The summed E-state index contributed by atoms with van der Waals surface area (Å²) in [7, 11) is 1.86. The molecule has 0 aromatic carbocycles. The summed E-state index contributed by atoms with van der Waals surface area (Å²) in [6.45, 7) is 0.514. The second-order valence-corrected chi connectivity index (χ2v) is 4.00. The molecule has 2 rings (SSSR count). The maximum Gasteiger partial charge on any atom is 0.269 e. The molecule has 2 heterocycles. The van der Waals surface area contributed by atoms with Crippen molar-refractivity contribution >= 4 is 5.91 Å². The van der Waals surface area contributed by atoms with Crippen LogP contribution in [-0.4, -0.2) is 27.2 Å². The summed E-state index contributed by atoms with van der Waals surface area (Å²) in [6, 6.07) is 6.98. The molecule has 0 fully saturated rings. The highest BCUT2D eigenvalue weighted by Gasteiger charge is 2.07. The Morgan fingerprint density at radius 1 is 1.47 bits per heavy atom. The second-order valence-electron chi connectivity index (χ2n) is 4.00. The molecular formula is C13H13N5O. The van der Waals surface area contributed by atoms with Gasteiger partial charge in [-0.15, -0.1) is 0 Å². The van der Waals surface area contributed by atoms with E-state index in [1.807, 2.05) is 19.2 Å². The number of hydrogen-bond acceptors (Lipinski definition) is 4. The first-order chi connectivity index (χ1) is 9.20. The van der Waals surface area contributed by atoms with Gasteiger partial charge in [0.1, 0.15) is 11.8 Å². The highest BCUT2D eigenvalue weighted by molar-refractivity contribution is 5.92. The van der Waals surface area contributed by atoms with Crippen LogP contribution in [0.5, 0.6) is 0 Å². The van der Waals surface area contributed by atoms with E-state index in [9.17, 15) is 4.79 Å². The summed E-state index contributed by atoms with van der Waals surface area (Å²) < 4.78 is 1.77. The molecule has 6 nitrogen and oxygen atoms in total. The fourth-order valence-corrected chi connectivity index (χ4v) is 1.64. The van der Waals surface area contributed by atoms with E-state index in [0.717, 1.165) is 5.69 Å². The van der Waals surface area contributed by atoms with E-state index in [-0.39, 0.29) is 5.91 Å². The third kappa shape index (κ3) is 3.16. The van der Waals surface area contributed by atoms with Crippen LogP contribution in [0, 0.1) is 11.3 Å². The maximum atomic E-state index is 11.8. The van der Waals surface area contributed by atoms with E-state index in [4.69, 9.17) is 5.26 Å². The number of aryl methyl sites for hydroxylation is 1. The Kier molecular flexibility index (Phi) is 3.88. The van der Waals surface area contributed by atoms with Gasteiger partial charge in [-0.2, -0.15) is 10.4 Å². The predicted octanol–water partition coefficient (Wildman–Crippen LogP) is 0.659. The molecule has 2 aromatic heterocycles. The maximum absolute atomic E-state index is 11.8. The molecular weight excluding hydrogens is 242 g/mol. The van der Waals surface area contributed by atoms with Gasteiger partial charge in [-0.1, -0.05) is 0 Å². The molecule has 6 heteroatoms. The molecule has 96 valence electrons. The molecule has 0 atom stereocenters. The molecule has 0 radical (unpaired) electrons. The molecule has 0 aliphatic rings. The number of nitriles is 1. The first-order valence-corrected chi connectivity index (χ1v) is 5.82. The number of nitrogens with one attached hydrogen (secondary N) is 1. The molecule has 0 bridgehead atoms. The highest BCUT2D eigenvalue weighted by atomic mass is 16.1. The Hall–Kier alpha value is -2.68. The lowest BCUT2D eigenvalue weighted by Crippen LogP contribution is -2.27. The summed E-state index contributed by atoms with van der Waals surface area (Å²) >= 11 is 0. The van der Waals surface area contributed by atoms with E-state index < -0.39 is 0 Å². The van der Waals surface area contributed by atoms with E-state index in [1.54, 1.807) is 16.9 Å². The molecule has 0 saturated heterocycles. The van der Waals surface area contributed by atoms with Crippen molar-refractivity contribution < 1.29 is 4.79 Å². The molecule has 0 unspecified atom stereocenters.